The molecular formula is C9H8BrF3O. The average molecular weight is 269 g/mol. The van der Waals surface area contributed by atoms with Crippen molar-refractivity contribution in [2.45, 2.75) is 19.4 Å². The highest BCUT2D eigenvalue weighted by Gasteiger charge is 2.29. The van der Waals surface area contributed by atoms with Gasteiger partial charge in [0.15, 0.2) is 11.6 Å². The van der Waals surface area contributed by atoms with E-state index in [1.54, 1.807) is 0 Å². The summed E-state index contributed by atoms with van der Waals surface area (Å²) in [6.45, 7) is 2.36. The summed E-state index contributed by atoms with van der Waals surface area (Å²) in [4.78, 5) is 0. The highest BCUT2D eigenvalue weighted by Crippen LogP contribution is 2.31. The van der Waals surface area contributed by atoms with E-state index in [4.69, 9.17) is 0 Å². The van der Waals surface area contributed by atoms with Crippen molar-refractivity contribution in [3.63, 3.8) is 0 Å². The fraction of sp³-hybridized carbons (Fsp3) is 0.333. The van der Waals surface area contributed by atoms with Crippen molar-refractivity contribution < 1.29 is 18.3 Å². The predicted octanol–water partition coefficient (Wildman–Crippen LogP) is 3.09. The maximum absolute atomic E-state index is 13.3. The minimum absolute atomic E-state index is 0.214. The van der Waals surface area contributed by atoms with E-state index in [2.05, 4.69) is 15.9 Å². The molecule has 5 heteroatoms. The summed E-state index contributed by atoms with van der Waals surface area (Å²) < 4.78 is 39.1. The molecule has 0 aromatic heterocycles. The average Bonchev–Trinajstić information content (AvgIpc) is 1.98. The Bertz CT molecular complexity index is 345. The van der Waals surface area contributed by atoms with E-state index < -0.39 is 28.6 Å². The molecule has 0 aliphatic rings. The molecule has 0 amide bonds. The van der Waals surface area contributed by atoms with Gasteiger partial charge in [0.25, 0.3) is 0 Å². The first-order valence-electron chi connectivity index (χ1n) is 3.81. The minimum Gasteiger partial charge on any atom is -0.386 e. The number of halogens is 4. The van der Waals surface area contributed by atoms with Crippen molar-refractivity contribution in [3.8, 4) is 0 Å². The van der Waals surface area contributed by atoms with Gasteiger partial charge in [-0.25, -0.2) is 13.2 Å². The lowest BCUT2D eigenvalue weighted by Gasteiger charge is -2.20. The standard InChI is InChI=1S/C9H8BrF3O/c1-9(2,14)6-7(12)4(10)3-5(11)8(6)13/h3,14H,1-2H3. The SMILES string of the molecule is CC(C)(O)c1c(F)c(F)cc(Br)c1F. The molecule has 1 aromatic rings. The number of benzene rings is 1. The fourth-order valence-electron chi connectivity index (χ4n) is 1.11. The van der Waals surface area contributed by atoms with Gasteiger partial charge in [-0.05, 0) is 35.8 Å². The van der Waals surface area contributed by atoms with E-state index in [1.165, 1.54) is 13.8 Å². The van der Waals surface area contributed by atoms with Crippen molar-refractivity contribution in [2.75, 3.05) is 0 Å². The molecule has 1 rings (SSSR count). The molecular weight excluding hydrogens is 261 g/mol. The van der Waals surface area contributed by atoms with E-state index in [9.17, 15) is 18.3 Å². The number of aliphatic hydroxyl groups is 1. The van der Waals surface area contributed by atoms with Crippen molar-refractivity contribution in [3.05, 3.63) is 33.6 Å². The maximum Gasteiger partial charge on any atom is 0.167 e. The Hall–Kier alpha value is -0.550. The molecule has 1 aromatic carbocycles. The second-order valence-electron chi connectivity index (χ2n) is 3.40. The molecule has 14 heavy (non-hydrogen) atoms. The molecule has 0 heterocycles. The van der Waals surface area contributed by atoms with Gasteiger partial charge in [-0.15, -0.1) is 0 Å². The fourth-order valence-corrected chi connectivity index (χ4v) is 1.51. The van der Waals surface area contributed by atoms with Gasteiger partial charge in [0.2, 0.25) is 0 Å². The number of hydrogen-bond donors (Lipinski definition) is 1. The van der Waals surface area contributed by atoms with Crippen LogP contribution in [0.5, 0.6) is 0 Å². The minimum atomic E-state index is -1.77. The summed E-state index contributed by atoms with van der Waals surface area (Å²) in [7, 11) is 0. The molecule has 0 saturated heterocycles. The van der Waals surface area contributed by atoms with Crippen LogP contribution in [-0.2, 0) is 5.60 Å². The Balaban J connectivity index is 3.56. The Morgan fingerprint density at radius 3 is 2.14 bits per heavy atom. The summed E-state index contributed by atoms with van der Waals surface area (Å²) in [6, 6.07) is 0.680. The molecule has 0 atom stereocenters. The molecule has 0 bridgehead atoms. The van der Waals surface area contributed by atoms with Crippen LogP contribution in [0.4, 0.5) is 13.2 Å². The third-order valence-corrected chi connectivity index (χ3v) is 2.30. The molecule has 0 aliphatic heterocycles. The predicted molar refractivity (Wildman–Crippen MR) is 49.3 cm³/mol. The molecule has 78 valence electrons. The first kappa shape index (κ1) is 11.5. The molecule has 0 aliphatic carbocycles. The quantitative estimate of drug-likeness (QED) is 0.777. The summed E-state index contributed by atoms with van der Waals surface area (Å²) in [6.07, 6.45) is 0. The van der Waals surface area contributed by atoms with Crippen molar-refractivity contribution in [2.24, 2.45) is 0 Å². The molecule has 0 unspecified atom stereocenters. The third kappa shape index (κ3) is 1.93. The molecule has 0 saturated carbocycles. The van der Waals surface area contributed by atoms with E-state index in [-0.39, 0.29) is 4.47 Å². The number of rotatable bonds is 1. The van der Waals surface area contributed by atoms with E-state index >= 15 is 0 Å². The topological polar surface area (TPSA) is 20.2 Å². The first-order valence-corrected chi connectivity index (χ1v) is 4.60. The Morgan fingerprint density at radius 1 is 1.21 bits per heavy atom. The molecule has 0 fully saturated rings. The maximum atomic E-state index is 13.3. The summed E-state index contributed by atoms with van der Waals surface area (Å²) in [5, 5.41) is 9.43. The summed E-state index contributed by atoms with van der Waals surface area (Å²) in [5.41, 5.74) is -2.44. The van der Waals surface area contributed by atoms with Crippen LogP contribution in [-0.4, -0.2) is 5.11 Å². The molecule has 0 spiro atoms. The number of hydrogen-bond acceptors (Lipinski definition) is 1. The van der Waals surface area contributed by atoms with Gasteiger partial charge in [-0.2, -0.15) is 0 Å². The summed E-state index contributed by atoms with van der Waals surface area (Å²) >= 11 is 2.73. The molecule has 0 radical (unpaired) electrons. The van der Waals surface area contributed by atoms with E-state index in [0.717, 1.165) is 0 Å². The van der Waals surface area contributed by atoms with Crippen molar-refractivity contribution >= 4 is 15.9 Å². The highest BCUT2D eigenvalue weighted by atomic mass is 79.9. The highest BCUT2D eigenvalue weighted by molar-refractivity contribution is 9.10. The van der Waals surface area contributed by atoms with Gasteiger partial charge in [0.1, 0.15) is 5.82 Å². The van der Waals surface area contributed by atoms with Gasteiger partial charge in [0, 0.05) is 0 Å². The van der Waals surface area contributed by atoms with Gasteiger partial charge >= 0.3 is 0 Å². The van der Waals surface area contributed by atoms with Gasteiger partial charge < -0.3 is 5.11 Å². The van der Waals surface area contributed by atoms with Crippen molar-refractivity contribution in [1.29, 1.82) is 0 Å². The zero-order valence-corrected chi connectivity index (χ0v) is 9.12. The second kappa shape index (κ2) is 3.55. The van der Waals surface area contributed by atoms with Crippen LogP contribution in [0.1, 0.15) is 19.4 Å². The lowest BCUT2D eigenvalue weighted by atomic mass is 9.97. The zero-order valence-electron chi connectivity index (χ0n) is 7.54. The Morgan fingerprint density at radius 2 is 1.71 bits per heavy atom. The first-order chi connectivity index (χ1) is 6.25. The second-order valence-corrected chi connectivity index (χ2v) is 4.26. The smallest absolute Gasteiger partial charge is 0.167 e. The molecule has 1 N–H and O–H groups in total. The van der Waals surface area contributed by atoms with Crippen LogP contribution in [0.2, 0.25) is 0 Å². The Labute approximate surface area is 87.7 Å². The largest absolute Gasteiger partial charge is 0.386 e. The lowest BCUT2D eigenvalue weighted by molar-refractivity contribution is 0.0691. The third-order valence-electron chi connectivity index (χ3n) is 1.72. The zero-order chi connectivity index (χ0) is 11.1. The van der Waals surface area contributed by atoms with E-state index in [0.29, 0.717) is 6.07 Å². The molecule has 1 nitrogen and oxygen atoms in total. The normalized spacial score (nSPS) is 11.9. The Kier molecular flexibility index (Phi) is 2.92. The summed E-state index contributed by atoms with van der Waals surface area (Å²) in [5.74, 6) is -3.55. The van der Waals surface area contributed by atoms with Crippen LogP contribution < -0.4 is 0 Å². The van der Waals surface area contributed by atoms with Crippen LogP contribution >= 0.6 is 15.9 Å². The monoisotopic (exact) mass is 268 g/mol. The van der Waals surface area contributed by atoms with Crippen LogP contribution in [0, 0.1) is 17.5 Å². The van der Waals surface area contributed by atoms with Crippen LogP contribution in [0.25, 0.3) is 0 Å². The van der Waals surface area contributed by atoms with Crippen molar-refractivity contribution in [1.82, 2.24) is 0 Å². The van der Waals surface area contributed by atoms with E-state index in [1.807, 2.05) is 0 Å². The lowest BCUT2D eigenvalue weighted by Crippen LogP contribution is -2.21. The van der Waals surface area contributed by atoms with Gasteiger partial charge in [0.05, 0.1) is 15.6 Å². The van der Waals surface area contributed by atoms with Crippen LogP contribution in [0.3, 0.4) is 0 Å². The van der Waals surface area contributed by atoms with Crippen LogP contribution in [0.15, 0.2) is 10.5 Å². The van der Waals surface area contributed by atoms with Gasteiger partial charge in [-0.1, -0.05) is 0 Å². The van der Waals surface area contributed by atoms with Gasteiger partial charge in [-0.3, -0.25) is 0 Å².